The Morgan fingerprint density at radius 2 is 2.37 bits per heavy atom. The lowest BCUT2D eigenvalue weighted by Crippen LogP contribution is -2.33. The minimum absolute atomic E-state index is 0.0998. The molecule has 2 rings (SSSR count). The number of anilines is 1. The molecule has 2 atom stereocenters. The van der Waals surface area contributed by atoms with Crippen molar-refractivity contribution >= 4 is 33.4 Å². The van der Waals surface area contributed by atoms with E-state index >= 15 is 0 Å². The highest BCUT2D eigenvalue weighted by Crippen LogP contribution is 2.34. The van der Waals surface area contributed by atoms with Crippen LogP contribution >= 0.6 is 15.9 Å². The third-order valence-electron chi connectivity index (χ3n) is 3.36. The lowest BCUT2D eigenvalue weighted by Gasteiger charge is -2.25. The summed E-state index contributed by atoms with van der Waals surface area (Å²) < 4.78 is 0.500. The number of carboxylic acid groups (broad SMARTS) is 1. The Morgan fingerprint density at radius 3 is 2.84 bits per heavy atom. The van der Waals surface area contributed by atoms with Crippen molar-refractivity contribution in [2.75, 3.05) is 11.4 Å². The van der Waals surface area contributed by atoms with E-state index in [0.717, 1.165) is 0 Å². The molecule has 19 heavy (non-hydrogen) atoms. The summed E-state index contributed by atoms with van der Waals surface area (Å²) in [4.78, 5) is 27.1. The van der Waals surface area contributed by atoms with Gasteiger partial charge in [0, 0.05) is 18.7 Å². The van der Waals surface area contributed by atoms with E-state index in [2.05, 4.69) is 20.9 Å². The molecule has 2 unspecified atom stereocenters. The van der Waals surface area contributed by atoms with Gasteiger partial charge in [-0.2, -0.15) is 0 Å². The van der Waals surface area contributed by atoms with Gasteiger partial charge >= 0.3 is 5.97 Å². The molecule has 1 fully saturated rings. The lowest BCUT2D eigenvalue weighted by atomic mass is 10.0. The largest absolute Gasteiger partial charge is 0.481 e. The molecule has 0 amide bonds. The fraction of sp³-hybridized carbons (Fsp3) is 0.455. The van der Waals surface area contributed by atoms with Crippen LogP contribution in [-0.4, -0.2) is 33.6 Å². The van der Waals surface area contributed by atoms with Crippen LogP contribution < -0.4 is 4.90 Å². The van der Waals surface area contributed by atoms with Gasteiger partial charge < -0.3 is 10.0 Å². The van der Waals surface area contributed by atoms with E-state index in [-0.39, 0.29) is 11.7 Å². The molecule has 1 aliphatic heterocycles. The van der Waals surface area contributed by atoms with Gasteiger partial charge in [0.25, 0.3) is 5.69 Å². The van der Waals surface area contributed by atoms with E-state index in [1.807, 2.05) is 11.8 Å². The quantitative estimate of drug-likeness (QED) is 0.673. The van der Waals surface area contributed by atoms with Crippen LogP contribution in [0.15, 0.2) is 16.7 Å². The second-order valence-corrected chi connectivity index (χ2v) is 5.28. The molecule has 102 valence electrons. The predicted molar refractivity (Wildman–Crippen MR) is 71.1 cm³/mol. The Balaban J connectivity index is 2.28. The Morgan fingerprint density at radius 1 is 1.68 bits per heavy atom. The minimum atomic E-state index is -0.826. The van der Waals surface area contributed by atoms with Crippen molar-refractivity contribution in [3.63, 3.8) is 0 Å². The number of nitro groups is 1. The normalized spacial score (nSPS) is 22.5. The van der Waals surface area contributed by atoms with Gasteiger partial charge in [-0.1, -0.05) is 0 Å². The maximum atomic E-state index is 11.1. The maximum Gasteiger partial charge on any atom is 0.308 e. The molecule has 1 N–H and O–H groups in total. The average molecular weight is 330 g/mol. The Hall–Kier alpha value is -1.70. The summed E-state index contributed by atoms with van der Waals surface area (Å²) in [6, 6.07) is 1.19. The first-order valence-electron chi connectivity index (χ1n) is 5.71. The second-order valence-electron chi connectivity index (χ2n) is 4.42. The monoisotopic (exact) mass is 329 g/mol. The van der Waals surface area contributed by atoms with Crippen molar-refractivity contribution < 1.29 is 14.8 Å². The number of hydrogen-bond donors (Lipinski definition) is 1. The van der Waals surface area contributed by atoms with Crippen LogP contribution in [0.1, 0.15) is 13.3 Å². The highest BCUT2D eigenvalue weighted by molar-refractivity contribution is 9.10. The summed E-state index contributed by atoms with van der Waals surface area (Å²) in [7, 11) is 0. The molecule has 2 heterocycles. The van der Waals surface area contributed by atoms with E-state index in [1.165, 1.54) is 12.3 Å². The maximum absolute atomic E-state index is 11.1. The summed E-state index contributed by atoms with van der Waals surface area (Å²) in [6.45, 7) is 2.39. The Kier molecular flexibility index (Phi) is 3.70. The summed E-state index contributed by atoms with van der Waals surface area (Å²) in [6.07, 6.45) is 1.72. The molecule has 0 spiro atoms. The number of nitrogens with zero attached hydrogens (tertiary/aromatic N) is 3. The van der Waals surface area contributed by atoms with E-state index in [9.17, 15) is 14.9 Å². The zero-order valence-corrected chi connectivity index (χ0v) is 11.7. The van der Waals surface area contributed by atoms with Crippen LogP contribution in [-0.2, 0) is 4.79 Å². The number of pyridine rings is 1. The molecule has 0 radical (unpaired) electrons. The van der Waals surface area contributed by atoms with Gasteiger partial charge in [0.05, 0.1) is 15.3 Å². The summed E-state index contributed by atoms with van der Waals surface area (Å²) in [5, 5.41) is 19.7. The highest BCUT2D eigenvalue weighted by atomic mass is 79.9. The number of rotatable bonds is 3. The van der Waals surface area contributed by atoms with Crippen LogP contribution in [0.25, 0.3) is 0 Å². The molecule has 0 aliphatic carbocycles. The van der Waals surface area contributed by atoms with E-state index in [4.69, 9.17) is 5.11 Å². The van der Waals surface area contributed by atoms with Crippen LogP contribution in [0.3, 0.4) is 0 Å². The molecule has 1 aromatic rings. The smallest absolute Gasteiger partial charge is 0.308 e. The Bertz CT molecular complexity index is 537. The van der Waals surface area contributed by atoms with Crippen LogP contribution in [0.2, 0.25) is 0 Å². The third-order valence-corrected chi connectivity index (χ3v) is 3.95. The SMILES string of the molecule is CC1C(C(=O)O)CCN1c1ncc([N+](=O)[O-])cc1Br. The number of halogens is 1. The molecule has 8 heteroatoms. The molecule has 1 aliphatic rings. The molecule has 7 nitrogen and oxygen atoms in total. The molecule has 0 aromatic carbocycles. The minimum Gasteiger partial charge on any atom is -0.481 e. The first kappa shape index (κ1) is 13.7. The first-order valence-corrected chi connectivity index (χ1v) is 6.50. The van der Waals surface area contributed by atoms with Crippen LogP contribution in [0.5, 0.6) is 0 Å². The van der Waals surface area contributed by atoms with E-state index in [0.29, 0.717) is 23.3 Å². The molecule has 0 saturated carbocycles. The van der Waals surface area contributed by atoms with Gasteiger partial charge in [-0.25, -0.2) is 4.98 Å². The number of carbonyl (C=O) groups is 1. The predicted octanol–water partition coefficient (Wildman–Crippen LogP) is 2.05. The van der Waals surface area contributed by atoms with Gasteiger partial charge in [0.1, 0.15) is 12.0 Å². The Labute approximate surface area is 117 Å². The summed E-state index contributed by atoms with van der Waals surface area (Å²) in [5.74, 6) is -0.723. The van der Waals surface area contributed by atoms with Crippen molar-refractivity contribution in [1.82, 2.24) is 4.98 Å². The topological polar surface area (TPSA) is 96.6 Å². The number of carboxylic acids is 1. The summed E-state index contributed by atoms with van der Waals surface area (Å²) >= 11 is 3.25. The van der Waals surface area contributed by atoms with Crippen LogP contribution in [0.4, 0.5) is 11.5 Å². The molecule has 1 aromatic heterocycles. The zero-order chi connectivity index (χ0) is 14.2. The zero-order valence-electron chi connectivity index (χ0n) is 10.1. The second kappa shape index (κ2) is 5.12. The lowest BCUT2D eigenvalue weighted by molar-refractivity contribution is -0.385. The van der Waals surface area contributed by atoms with Crippen molar-refractivity contribution in [3.05, 3.63) is 26.9 Å². The number of aliphatic carboxylic acids is 1. The average Bonchev–Trinajstić information content (AvgIpc) is 2.71. The van der Waals surface area contributed by atoms with Gasteiger partial charge in [-0.05, 0) is 29.3 Å². The van der Waals surface area contributed by atoms with E-state index < -0.39 is 16.8 Å². The standard InChI is InChI=1S/C11H12BrN3O4/c1-6-8(11(16)17)2-3-14(6)10-9(12)4-7(5-13-10)15(18)19/h4-6,8H,2-3H2,1H3,(H,16,17). The van der Waals surface area contributed by atoms with Crippen molar-refractivity contribution in [3.8, 4) is 0 Å². The third kappa shape index (κ3) is 2.53. The highest BCUT2D eigenvalue weighted by Gasteiger charge is 2.37. The fourth-order valence-electron chi connectivity index (χ4n) is 2.30. The first-order chi connectivity index (χ1) is 8.91. The van der Waals surface area contributed by atoms with Gasteiger partial charge in [0.2, 0.25) is 0 Å². The van der Waals surface area contributed by atoms with Gasteiger partial charge in [-0.3, -0.25) is 14.9 Å². The van der Waals surface area contributed by atoms with Gasteiger partial charge in [0.15, 0.2) is 0 Å². The molecule has 1 saturated heterocycles. The van der Waals surface area contributed by atoms with E-state index in [1.54, 1.807) is 0 Å². The van der Waals surface area contributed by atoms with Crippen molar-refractivity contribution in [1.29, 1.82) is 0 Å². The molecular weight excluding hydrogens is 318 g/mol. The number of aromatic nitrogens is 1. The van der Waals surface area contributed by atoms with Crippen LogP contribution in [0, 0.1) is 16.0 Å². The van der Waals surface area contributed by atoms with Crippen molar-refractivity contribution in [2.45, 2.75) is 19.4 Å². The fourth-order valence-corrected chi connectivity index (χ4v) is 2.87. The van der Waals surface area contributed by atoms with Gasteiger partial charge in [-0.15, -0.1) is 0 Å². The molecular formula is C11H12BrN3O4. The number of hydrogen-bond acceptors (Lipinski definition) is 5. The molecule has 0 bridgehead atoms. The summed E-state index contributed by atoms with van der Waals surface area (Å²) in [5.41, 5.74) is -0.0998. The van der Waals surface area contributed by atoms with Crippen molar-refractivity contribution in [2.24, 2.45) is 5.92 Å².